The molecule has 160 valence electrons. The summed E-state index contributed by atoms with van der Waals surface area (Å²) in [6.07, 6.45) is 0. The first-order valence-electron chi connectivity index (χ1n) is 9.71. The summed E-state index contributed by atoms with van der Waals surface area (Å²) >= 11 is 2.83. The number of nitrogens with zero attached hydrogens (tertiary/aromatic N) is 3. The third kappa shape index (κ3) is 5.84. The van der Waals surface area contributed by atoms with Gasteiger partial charge in [-0.25, -0.2) is 15.0 Å². The van der Waals surface area contributed by atoms with Gasteiger partial charge < -0.3 is 20.9 Å². The van der Waals surface area contributed by atoms with E-state index < -0.39 is 5.60 Å². The lowest BCUT2D eigenvalue weighted by molar-refractivity contribution is 0.0944. The molecule has 0 amide bonds. The van der Waals surface area contributed by atoms with E-state index in [9.17, 15) is 5.11 Å². The second kappa shape index (κ2) is 9.09. The Balaban J connectivity index is 1.50. The molecule has 0 saturated carbocycles. The summed E-state index contributed by atoms with van der Waals surface area (Å²) in [5, 5.41) is 14.3. The summed E-state index contributed by atoms with van der Waals surface area (Å²) in [4.78, 5) is 13.5. The van der Waals surface area contributed by atoms with Crippen LogP contribution >= 0.6 is 23.1 Å². The Kier molecular flexibility index (Phi) is 6.26. The first-order valence-corrected chi connectivity index (χ1v) is 11.5. The number of fused-ring (bicyclic) bond motifs is 1. The normalized spacial score (nSPS) is 11.6. The average Bonchev–Trinajstić information content (AvgIpc) is 3.11. The van der Waals surface area contributed by atoms with Crippen molar-refractivity contribution in [1.29, 1.82) is 0 Å². The third-order valence-corrected chi connectivity index (χ3v) is 5.98. The molecule has 0 fully saturated rings. The number of benzene rings is 2. The van der Waals surface area contributed by atoms with Gasteiger partial charge in [-0.15, -0.1) is 0 Å². The van der Waals surface area contributed by atoms with E-state index in [0.717, 1.165) is 21.8 Å². The van der Waals surface area contributed by atoms with Crippen molar-refractivity contribution < 1.29 is 9.84 Å². The summed E-state index contributed by atoms with van der Waals surface area (Å²) in [7, 11) is 0. The Morgan fingerprint density at radius 1 is 1.06 bits per heavy atom. The largest absolute Gasteiger partial charge is 0.457 e. The summed E-state index contributed by atoms with van der Waals surface area (Å²) in [5.41, 5.74) is 6.65. The number of thioether (sulfide) groups is 1. The van der Waals surface area contributed by atoms with E-state index in [0.29, 0.717) is 34.1 Å². The zero-order valence-electron chi connectivity index (χ0n) is 17.2. The topological polar surface area (TPSA) is 106 Å². The molecule has 0 bridgehead atoms. The van der Waals surface area contributed by atoms with Gasteiger partial charge in [0, 0.05) is 12.3 Å². The van der Waals surface area contributed by atoms with Crippen LogP contribution in [0.4, 0.5) is 10.9 Å². The number of anilines is 2. The molecule has 2 aromatic heterocycles. The number of hydrogen-bond acceptors (Lipinski definition) is 9. The molecule has 9 heteroatoms. The lowest BCUT2D eigenvalue weighted by Crippen LogP contribution is -2.29. The molecule has 0 atom stereocenters. The van der Waals surface area contributed by atoms with E-state index in [4.69, 9.17) is 10.5 Å². The molecule has 0 unspecified atom stereocenters. The Labute approximate surface area is 188 Å². The second-order valence-corrected chi connectivity index (χ2v) is 9.55. The minimum Gasteiger partial charge on any atom is -0.457 e. The van der Waals surface area contributed by atoms with Gasteiger partial charge in [0.25, 0.3) is 0 Å². The molecule has 0 saturated heterocycles. The summed E-state index contributed by atoms with van der Waals surface area (Å²) in [5.74, 6) is 2.87. The molecule has 7 nitrogen and oxygen atoms in total. The monoisotopic (exact) mass is 453 g/mol. The predicted octanol–water partition coefficient (Wildman–Crippen LogP) is 4.94. The SMILES string of the molecule is CC(C)(O)CNc1nc(SCc2cccc(Oc3ccccc3)c2)nc2nc(N)sc12. The zero-order chi connectivity index (χ0) is 21.8. The summed E-state index contributed by atoms with van der Waals surface area (Å²) < 4.78 is 6.70. The molecule has 4 aromatic rings. The van der Waals surface area contributed by atoms with Gasteiger partial charge in [0.15, 0.2) is 21.8 Å². The van der Waals surface area contributed by atoms with Gasteiger partial charge in [0.05, 0.1) is 5.60 Å². The molecule has 0 aliphatic carbocycles. The van der Waals surface area contributed by atoms with Crippen LogP contribution in [0, 0.1) is 0 Å². The summed E-state index contributed by atoms with van der Waals surface area (Å²) in [6, 6.07) is 17.6. The van der Waals surface area contributed by atoms with Crippen molar-refractivity contribution in [2.75, 3.05) is 17.6 Å². The van der Waals surface area contributed by atoms with Crippen LogP contribution in [-0.2, 0) is 5.75 Å². The Hall–Kier alpha value is -2.88. The fraction of sp³-hybridized carbons (Fsp3) is 0.227. The lowest BCUT2D eigenvalue weighted by atomic mass is 10.1. The van der Waals surface area contributed by atoms with Gasteiger partial charge in [-0.05, 0) is 43.7 Å². The van der Waals surface area contributed by atoms with Crippen molar-refractivity contribution in [3.05, 3.63) is 60.2 Å². The standard InChI is InChI=1S/C22H23N5O2S2/c1-22(2,28)13-24-18-17-19(25-20(23)31-17)27-21(26-18)30-12-14-7-6-10-16(11-14)29-15-8-4-3-5-9-15/h3-11,28H,12-13H2,1-2H3,(H3,23,24,25,26,27). The quantitative estimate of drug-likeness (QED) is 0.255. The molecular formula is C22H23N5O2S2. The average molecular weight is 454 g/mol. The van der Waals surface area contributed by atoms with Crippen LogP contribution in [0.1, 0.15) is 19.4 Å². The zero-order valence-corrected chi connectivity index (χ0v) is 18.8. The molecule has 0 spiro atoms. The fourth-order valence-corrected chi connectivity index (χ4v) is 4.30. The van der Waals surface area contributed by atoms with Gasteiger partial charge in [-0.1, -0.05) is 53.4 Å². The number of aromatic nitrogens is 3. The van der Waals surface area contributed by atoms with Crippen molar-refractivity contribution in [3.8, 4) is 11.5 Å². The molecule has 2 aromatic carbocycles. The van der Waals surface area contributed by atoms with Gasteiger partial charge in [-0.3, -0.25) is 0 Å². The molecule has 2 heterocycles. The highest BCUT2D eigenvalue weighted by molar-refractivity contribution is 7.98. The minimum atomic E-state index is -0.875. The van der Waals surface area contributed by atoms with E-state index in [-0.39, 0.29) is 0 Å². The van der Waals surface area contributed by atoms with Crippen molar-refractivity contribution in [2.45, 2.75) is 30.4 Å². The molecule has 4 N–H and O–H groups in total. The van der Waals surface area contributed by atoms with E-state index in [2.05, 4.69) is 20.3 Å². The number of ether oxygens (including phenoxy) is 1. The number of nitrogen functional groups attached to an aromatic ring is 1. The first kappa shape index (κ1) is 21.4. The van der Waals surface area contributed by atoms with Crippen molar-refractivity contribution in [1.82, 2.24) is 15.0 Å². The van der Waals surface area contributed by atoms with Gasteiger partial charge in [0.1, 0.15) is 16.2 Å². The molecular weight excluding hydrogens is 430 g/mol. The van der Waals surface area contributed by atoms with E-state index in [1.54, 1.807) is 13.8 Å². The Morgan fingerprint density at radius 3 is 2.61 bits per heavy atom. The number of rotatable bonds is 8. The predicted molar refractivity (Wildman–Crippen MR) is 127 cm³/mol. The Bertz CT molecular complexity index is 1180. The smallest absolute Gasteiger partial charge is 0.191 e. The number of thiazole rings is 1. The highest BCUT2D eigenvalue weighted by Gasteiger charge is 2.17. The fourth-order valence-electron chi connectivity index (χ4n) is 2.78. The molecule has 0 aliphatic rings. The van der Waals surface area contributed by atoms with Gasteiger partial charge in [-0.2, -0.15) is 0 Å². The van der Waals surface area contributed by atoms with Crippen LogP contribution < -0.4 is 15.8 Å². The molecule has 4 rings (SSSR count). The van der Waals surface area contributed by atoms with Crippen LogP contribution in [0.5, 0.6) is 11.5 Å². The molecule has 31 heavy (non-hydrogen) atoms. The molecule has 0 aliphatic heterocycles. The van der Waals surface area contributed by atoms with Crippen molar-refractivity contribution >= 4 is 44.4 Å². The maximum absolute atomic E-state index is 10.0. The van der Waals surface area contributed by atoms with E-state index >= 15 is 0 Å². The van der Waals surface area contributed by atoms with Gasteiger partial charge >= 0.3 is 0 Å². The third-order valence-electron chi connectivity index (χ3n) is 4.18. The van der Waals surface area contributed by atoms with Crippen LogP contribution in [-0.4, -0.2) is 32.2 Å². The van der Waals surface area contributed by atoms with Crippen molar-refractivity contribution in [3.63, 3.8) is 0 Å². The van der Waals surface area contributed by atoms with Crippen LogP contribution in [0.3, 0.4) is 0 Å². The maximum Gasteiger partial charge on any atom is 0.191 e. The number of para-hydroxylation sites is 1. The number of hydrogen-bond donors (Lipinski definition) is 3. The van der Waals surface area contributed by atoms with Crippen LogP contribution in [0.15, 0.2) is 59.8 Å². The Morgan fingerprint density at radius 2 is 1.84 bits per heavy atom. The van der Waals surface area contributed by atoms with Gasteiger partial charge in [0.2, 0.25) is 0 Å². The molecule has 0 radical (unpaired) electrons. The van der Waals surface area contributed by atoms with E-state index in [1.807, 2.05) is 54.6 Å². The maximum atomic E-state index is 10.0. The highest BCUT2D eigenvalue weighted by atomic mass is 32.2. The van der Waals surface area contributed by atoms with Crippen LogP contribution in [0.2, 0.25) is 0 Å². The summed E-state index contributed by atoms with van der Waals surface area (Å²) in [6.45, 7) is 3.82. The van der Waals surface area contributed by atoms with Crippen molar-refractivity contribution in [2.24, 2.45) is 0 Å². The number of nitrogens with two attached hydrogens (primary N) is 1. The number of nitrogens with one attached hydrogen (secondary N) is 1. The highest BCUT2D eigenvalue weighted by Crippen LogP contribution is 2.32. The van der Waals surface area contributed by atoms with Crippen LogP contribution in [0.25, 0.3) is 10.3 Å². The first-order chi connectivity index (χ1) is 14.9. The minimum absolute atomic E-state index is 0.347. The second-order valence-electron chi connectivity index (χ2n) is 7.58. The number of aliphatic hydroxyl groups is 1. The van der Waals surface area contributed by atoms with E-state index in [1.165, 1.54) is 23.1 Å². The lowest BCUT2D eigenvalue weighted by Gasteiger charge is -2.18.